The highest BCUT2D eigenvalue weighted by molar-refractivity contribution is 6.73. The van der Waals surface area contributed by atoms with Gasteiger partial charge in [0, 0.05) is 28.3 Å². The molecule has 8 heteroatoms. The molecule has 152 valence electrons. The van der Waals surface area contributed by atoms with Crippen molar-refractivity contribution in [3.8, 4) is 0 Å². The van der Waals surface area contributed by atoms with Gasteiger partial charge in [-0.15, -0.1) is 0 Å². The predicted molar refractivity (Wildman–Crippen MR) is 105 cm³/mol. The maximum Gasteiger partial charge on any atom is 0.349 e. The zero-order chi connectivity index (χ0) is 20.4. The standard InChI is InChI=1S/C19H32N2O5Si/c1-12-10-21(16(23)20-15(12)22)19(8)9-13-14(25-19)11-24-27(26-13,17(2,3)4)18(5,6)7/h10,13-14H,9,11H2,1-8H3,(H,20,22,23)/t13-,14+,19+/m0/s1. The summed E-state index contributed by atoms with van der Waals surface area (Å²) < 4.78 is 20.9. The van der Waals surface area contributed by atoms with E-state index in [2.05, 4.69) is 46.5 Å². The molecule has 0 radical (unpaired) electrons. The molecule has 3 rings (SSSR count). The molecule has 1 N–H and O–H groups in total. The molecule has 3 heterocycles. The molecule has 2 fully saturated rings. The zero-order valence-corrected chi connectivity index (χ0v) is 18.6. The summed E-state index contributed by atoms with van der Waals surface area (Å²) in [6.45, 7) is 17.1. The largest absolute Gasteiger partial charge is 0.391 e. The molecule has 0 amide bonds. The number of hydrogen-bond acceptors (Lipinski definition) is 5. The first-order valence-electron chi connectivity index (χ1n) is 9.53. The zero-order valence-electron chi connectivity index (χ0n) is 17.6. The van der Waals surface area contributed by atoms with E-state index in [1.54, 1.807) is 13.1 Å². The van der Waals surface area contributed by atoms with Gasteiger partial charge in [-0.25, -0.2) is 4.79 Å². The quantitative estimate of drug-likeness (QED) is 0.738. The normalized spacial score (nSPS) is 31.0. The van der Waals surface area contributed by atoms with Crippen molar-refractivity contribution in [2.75, 3.05) is 6.61 Å². The first kappa shape index (κ1) is 20.5. The molecule has 3 atom stereocenters. The number of aryl methyl sites for hydroxylation is 1. The van der Waals surface area contributed by atoms with Gasteiger partial charge in [-0.3, -0.25) is 14.3 Å². The first-order valence-corrected chi connectivity index (χ1v) is 11.3. The lowest BCUT2D eigenvalue weighted by Gasteiger charge is -2.53. The van der Waals surface area contributed by atoms with Gasteiger partial charge >= 0.3 is 14.3 Å². The van der Waals surface area contributed by atoms with Crippen LogP contribution in [0.4, 0.5) is 0 Å². The van der Waals surface area contributed by atoms with E-state index in [1.807, 2.05) is 6.92 Å². The number of nitrogens with zero attached hydrogens (tertiary/aromatic N) is 1. The molecule has 2 aliphatic rings. The van der Waals surface area contributed by atoms with Crippen molar-refractivity contribution < 1.29 is 13.6 Å². The number of rotatable bonds is 1. The fourth-order valence-corrected chi connectivity index (χ4v) is 9.60. The highest BCUT2D eigenvalue weighted by atomic mass is 28.4. The number of hydrogen-bond donors (Lipinski definition) is 1. The van der Waals surface area contributed by atoms with Gasteiger partial charge in [0.25, 0.3) is 5.56 Å². The first-order chi connectivity index (χ1) is 12.2. The van der Waals surface area contributed by atoms with Crippen molar-refractivity contribution in [1.82, 2.24) is 9.55 Å². The lowest BCUT2D eigenvalue weighted by Crippen LogP contribution is -2.64. The Kier molecular flexibility index (Phi) is 4.66. The summed E-state index contributed by atoms with van der Waals surface area (Å²) in [4.78, 5) is 26.5. The summed E-state index contributed by atoms with van der Waals surface area (Å²) in [6.07, 6.45) is 1.72. The molecule has 27 heavy (non-hydrogen) atoms. The average Bonchev–Trinajstić information content (AvgIpc) is 2.84. The van der Waals surface area contributed by atoms with Crippen LogP contribution in [0.1, 0.15) is 60.5 Å². The predicted octanol–water partition coefficient (Wildman–Crippen LogP) is 2.76. The fourth-order valence-electron chi connectivity index (χ4n) is 4.65. The minimum absolute atomic E-state index is 0.110. The average molecular weight is 397 g/mol. The van der Waals surface area contributed by atoms with Crippen LogP contribution in [-0.2, 0) is 19.3 Å². The molecule has 0 spiro atoms. The van der Waals surface area contributed by atoms with Crippen LogP contribution in [-0.4, -0.2) is 36.9 Å². The Morgan fingerprint density at radius 2 is 1.74 bits per heavy atom. The van der Waals surface area contributed by atoms with Crippen LogP contribution >= 0.6 is 0 Å². The lowest BCUT2D eigenvalue weighted by molar-refractivity contribution is -0.122. The topological polar surface area (TPSA) is 82.6 Å². The smallest absolute Gasteiger partial charge is 0.349 e. The highest BCUT2D eigenvalue weighted by Crippen LogP contribution is 2.56. The summed E-state index contributed by atoms with van der Waals surface area (Å²) in [5, 5.41) is -0.221. The van der Waals surface area contributed by atoms with Crippen molar-refractivity contribution >= 4 is 8.56 Å². The minimum Gasteiger partial charge on any atom is -0.391 e. The summed E-state index contributed by atoms with van der Waals surface area (Å²) in [6, 6.07) is 0. The molecule has 7 nitrogen and oxygen atoms in total. The van der Waals surface area contributed by atoms with Gasteiger partial charge in [-0.1, -0.05) is 41.5 Å². The second-order valence-electron chi connectivity index (χ2n) is 10.1. The molecule has 1 aromatic heterocycles. The third-order valence-electron chi connectivity index (χ3n) is 5.77. The third-order valence-corrected chi connectivity index (χ3v) is 10.9. The monoisotopic (exact) mass is 396 g/mol. The van der Waals surface area contributed by atoms with Crippen molar-refractivity contribution in [2.24, 2.45) is 0 Å². The molecule has 2 saturated heterocycles. The van der Waals surface area contributed by atoms with E-state index in [-0.39, 0.29) is 27.8 Å². The molecule has 0 saturated carbocycles. The number of nitrogens with one attached hydrogen (secondary N) is 1. The van der Waals surface area contributed by atoms with Crippen LogP contribution < -0.4 is 11.2 Å². The van der Waals surface area contributed by atoms with Gasteiger partial charge in [-0.2, -0.15) is 0 Å². The van der Waals surface area contributed by atoms with E-state index < -0.39 is 20.0 Å². The molecule has 1 aromatic rings. The Bertz CT molecular complexity index is 833. The molecular formula is C19H32N2O5Si. The highest BCUT2D eigenvalue weighted by Gasteiger charge is 2.64. The fraction of sp³-hybridized carbons (Fsp3) is 0.789. The van der Waals surface area contributed by atoms with Crippen LogP contribution in [0.3, 0.4) is 0 Å². The Balaban J connectivity index is 1.97. The van der Waals surface area contributed by atoms with E-state index in [9.17, 15) is 9.59 Å². The number of aromatic nitrogens is 2. The second-order valence-corrected chi connectivity index (χ2v) is 14.8. The van der Waals surface area contributed by atoms with Gasteiger partial charge in [-0.05, 0) is 13.8 Å². The summed E-state index contributed by atoms with van der Waals surface area (Å²) in [5.41, 5.74) is -1.26. The van der Waals surface area contributed by atoms with Crippen LogP contribution in [0.15, 0.2) is 15.8 Å². The summed E-state index contributed by atoms with van der Waals surface area (Å²) in [5.74, 6) is 0. The Morgan fingerprint density at radius 3 is 2.30 bits per heavy atom. The van der Waals surface area contributed by atoms with E-state index in [4.69, 9.17) is 13.6 Å². The summed E-state index contributed by atoms with van der Waals surface area (Å²) in [7, 11) is -2.59. The van der Waals surface area contributed by atoms with Crippen LogP contribution in [0.25, 0.3) is 0 Å². The SMILES string of the molecule is Cc1cn([C@@]2(C)C[C@@H]3O[Si](C(C)(C)C)(C(C)(C)C)OC[C@H]3O2)c(=O)[nH]c1=O. The molecule has 0 aromatic carbocycles. The Labute approximate surface area is 161 Å². The van der Waals surface area contributed by atoms with Crippen LogP contribution in [0.5, 0.6) is 0 Å². The summed E-state index contributed by atoms with van der Waals surface area (Å²) >= 11 is 0. The molecular weight excluding hydrogens is 364 g/mol. The maximum absolute atomic E-state index is 12.4. The van der Waals surface area contributed by atoms with Crippen molar-refractivity contribution in [3.63, 3.8) is 0 Å². The van der Waals surface area contributed by atoms with Gasteiger partial charge in [0.2, 0.25) is 0 Å². The van der Waals surface area contributed by atoms with E-state index >= 15 is 0 Å². The van der Waals surface area contributed by atoms with Gasteiger partial charge in [0.15, 0.2) is 0 Å². The van der Waals surface area contributed by atoms with Gasteiger partial charge < -0.3 is 13.6 Å². The number of aromatic amines is 1. The third kappa shape index (κ3) is 3.16. The number of H-pyrrole nitrogens is 1. The molecule has 2 aliphatic heterocycles. The van der Waals surface area contributed by atoms with Crippen LogP contribution in [0.2, 0.25) is 10.1 Å². The van der Waals surface area contributed by atoms with Gasteiger partial charge in [0.1, 0.15) is 11.8 Å². The second kappa shape index (κ2) is 6.14. The van der Waals surface area contributed by atoms with Crippen molar-refractivity contribution in [2.45, 2.75) is 89.8 Å². The van der Waals surface area contributed by atoms with E-state index in [1.165, 1.54) is 4.57 Å². The minimum atomic E-state index is -2.59. The van der Waals surface area contributed by atoms with Gasteiger partial charge in [0.05, 0.1) is 12.7 Å². The maximum atomic E-state index is 12.4. The number of ether oxygens (including phenoxy) is 1. The Morgan fingerprint density at radius 1 is 1.15 bits per heavy atom. The molecule has 0 bridgehead atoms. The van der Waals surface area contributed by atoms with E-state index in [0.29, 0.717) is 18.6 Å². The lowest BCUT2D eigenvalue weighted by atomic mass is 10.1. The van der Waals surface area contributed by atoms with Crippen LogP contribution in [0, 0.1) is 6.92 Å². The van der Waals surface area contributed by atoms with E-state index in [0.717, 1.165) is 0 Å². The Hall–Kier alpha value is -1.22. The molecule has 0 aliphatic carbocycles. The molecule has 0 unspecified atom stereocenters. The number of fused-ring (bicyclic) bond motifs is 1. The van der Waals surface area contributed by atoms with Crippen molar-refractivity contribution in [1.29, 1.82) is 0 Å². The van der Waals surface area contributed by atoms with Crippen molar-refractivity contribution in [3.05, 3.63) is 32.6 Å².